The van der Waals surface area contributed by atoms with Gasteiger partial charge in [0.2, 0.25) is 0 Å². The van der Waals surface area contributed by atoms with Crippen molar-refractivity contribution in [1.29, 1.82) is 0 Å². The fourth-order valence-corrected chi connectivity index (χ4v) is 4.43. The third-order valence-electron chi connectivity index (χ3n) is 6.15. The van der Waals surface area contributed by atoms with Crippen LogP contribution in [0.4, 0.5) is 0 Å². The van der Waals surface area contributed by atoms with Crippen LogP contribution in [0.15, 0.2) is 4.63 Å². The van der Waals surface area contributed by atoms with Crippen LogP contribution in [0.5, 0.6) is 0 Å². The van der Waals surface area contributed by atoms with Crippen molar-refractivity contribution in [3.63, 3.8) is 0 Å². The Morgan fingerprint density at radius 1 is 1.08 bits per heavy atom. The minimum Gasteiger partial charge on any atom is -0.336 e. The van der Waals surface area contributed by atoms with Gasteiger partial charge in [0.25, 0.3) is 5.91 Å². The molecule has 2 fully saturated rings. The van der Waals surface area contributed by atoms with Crippen molar-refractivity contribution in [2.45, 2.75) is 63.6 Å². The molecule has 1 aliphatic heterocycles. The molecular weight excluding hydrogens is 318 g/mol. The summed E-state index contributed by atoms with van der Waals surface area (Å²) >= 11 is 0. The fourth-order valence-electron chi connectivity index (χ4n) is 4.43. The average molecular weight is 349 g/mol. The first kappa shape index (κ1) is 18.3. The van der Waals surface area contributed by atoms with Crippen molar-refractivity contribution >= 4 is 5.91 Å². The first-order chi connectivity index (χ1) is 12.0. The molecule has 140 valence electrons. The molecule has 0 aromatic carbocycles. The Kier molecular flexibility index (Phi) is 5.74. The summed E-state index contributed by atoms with van der Waals surface area (Å²) < 4.78 is 4.72. The Bertz CT molecular complexity index is 582. The van der Waals surface area contributed by atoms with Gasteiger partial charge in [-0.05, 0) is 64.9 Å². The van der Waals surface area contributed by atoms with Gasteiger partial charge in [-0.1, -0.05) is 18.0 Å². The van der Waals surface area contributed by atoms with Gasteiger partial charge in [-0.15, -0.1) is 0 Å². The van der Waals surface area contributed by atoms with Gasteiger partial charge in [-0.2, -0.15) is 0 Å². The number of amides is 1. The molecule has 7 nitrogen and oxygen atoms in total. The normalized spacial score (nSPS) is 26.1. The molecule has 1 aromatic heterocycles. The largest absolute Gasteiger partial charge is 0.336 e. The van der Waals surface area contributed by atoms with Crippen molar-refractivity contribution in [3.8, 4) is 0 Å². The molecule has 1 aromatic rings. The van der Waals surface area contributed by atoms with E-state index in [-0.39, 0.29) is 11.9 Å². The van der Waals surface area contributed by atoms with Gasteiger partial charge in [-0.25, -0.2) is 4.63 Å². The second-order valence-electron chi connectivity index (χ2n) is 7.73. The standard InChI is InChI=1S/C18H31N5O2/c1-13-17(20-25-19-13)18(24)23(4)16-8-6-5-7-15(16)22(3)14-9-11-21(2)12-10-14/h14-16H,5-12H2,1-4H3/t15-,16+/m0/s1. The summed E-state index contributed by atoms with van der Waals surface area (Å²) in [4.78, 5) is 19.7. The van der Waals surface area contributed by atoms with E-state index in [0.29, 0.717) is 23.5 Å². The van der Waals surface area contributed by atoms with Crippen LogP contribution in [-0.2, 0) is 0 Å². The van der Waals surface area contributed by atoms with Gasteiger partial charge in [-0.3, -0.25) is 9.69 Å². The number of hydrogen-bond acceptors (Lipinski definition) is 6. The minimum atomic E-state index is -0.0765. The lowest BCUT2D eigenvalue weighted by Crippen LogP contribution is -2.56. The lowest BCUT2D eigenvalue weighted by Gasteiger charge is -2.46. The molecule has 1 aliphatic carbocycles. The highest BCUT2D eigenvalue weighted by Crippen LogP contribution is 2.30. The maximum Gasteiger partial charge on any atom is 0.278 e. The molecule has 3 rings (SSSR count). The first-order valence-corrected chi connectivity index (χ1v) is 9.46. The molecule has 1 amide bonds. The Morgan fingerprint density at radius 2 is 1.72 bits per heavy atom. The van der Waals surface area contributed by atoms with Crippen molar-refractivity contribution in [2.24, 2.45) is 0 Å². The number of nitrogens with zero attached hydrogens (tertiary/aromatic N) is 5. The van der Waals surface area contributed by atoms with Gasteiger partial charge in [0, 0.05) is 25.2 Å². The number of carbonyl (C=O) groups excluding carboxylic acids is 1. The molecule has 1 saturated heterocycles. The molecule has 7 heteroatoms. The Hall–Kier alpha value is -1.47. The summed E-state index contributed by atoms with van der Waals surface area (Å²) in [7, 11) is 6.35. The minimum absolute atomic E-state index is 0.0765. The van der Waals surface area contributed by atoms with Gasteiger partial charge >= 0.3 is 0 Å². The SMILES string of the molecule is Cc1nonc1C(=O)N(C)[C@@H]1CCCC[C@@H]1N(C)C1CCN(C)CC1. The highest BCUT2D eigenvalue weighted by Gasteiger charge is 2.37. The molecule has 0 bridgehead atoms. The van der Waals surface area contributed by atoms with Gasteiger partial charge in [0.15, 0.2) is 5.69 Å². The van der Waals surface area contributed by atoms with Gasteiger partial charge in [0.05, 0.1) is 0 Å². The lowest BCUT2D eigenvalue weighted by molar-refractivity contribution is 0.0273. The summed E-state index contributed by atoms with van der Waals surface area (Å²) in [5, 5.41) is 7.55. The smallest absolute Gasteiger partial charge is 0.278 e. The van der Waals surface area contributed by atoms with E-state index in [4.69, 9.17) is 4.63 Å². The molecule has 0 unspecified atom stereocenters. The quantitative estimate of drug-likeness (QED) is 0.826. The maximum atomic E-state index is 12.9. The van der Waals surface area contributed by atoms with Crippen molar-refractivity contribution < 1.29 is 9.42 Å². The molecule has 2 aliphatic rings. The predicted octanol–water partition coefficient (Wildman–Crippen LogP) is 1.79. The van der Waals surface area contributed by atoms with E-state index in [1.54, 1.807) is 6.92 Å². The van der Waals surface area contributed by atoms with E-state index < -0.39 is 0 Å². The zero-order valence-electron chi connectivity index (χ0n) is 15.9. The van der Waals surface area contributed by atoms with Crippen LogP contribution in [0.3, 0.4) is 0 Å². The number of rotatable bonds is 4. The summed E-state index contributed by atoms with van der Waals surface area (Å²) in [6.45, 7) is 4.08. The zero-order valence-corrected chi connectivity index (χ0v) is 15.9. The molecule has 1 saturated carbocycles. The van der Waals surface area contributed by atoms with Crippen LogP contribution >= 0.6 is 0 Å². The number of likely N-dealkylation sites (N-methyl/N-ethyl adjacent to an activating group) is 2. The van der Waals surface area contributed by atoms with E-state index in [0.717, 1.165) is 25.9 Å². The van der Waals surface area contributed by atoms with Gasteiger partial charge < -0.3 is 9.80 Å². The van der Waals surface area contributed by atoms with Crippen molar-refractivity contribution in [3.05, 3.63) is 11.4 Å². The zero-order chi connectivity index (χ0) is 18.0. The van der Waals surface area contributed by atoms with E-state index in [9.17, 15) is 4.79 Å². The van der Waals surface area contributed by atoms with E-state index >= 15 is 0 Å². The van der Waals surface area contributed by atoms with E-state index in [2.05, 4.69) is 34.2 Å². The Labute approximate surface area is 150 Å². The monoisotopic (exact) mass is 349 g/mol. The topological polar surface area (TPSA) is 65.7 Å². The van der Waals surface area contributed by atoms with E-state index in [1.807, 2.05) is 11.9 Å². The number of aryl methyl sites for hydroxylation is 1. The van der Waals surface area contributed by atoms with Crippen molar-refractivity contribution in [1.82, 2.24) is 25.0 Å². The molecule has 2 atom stereocenters. The second kappa shape index (κ2) is 7.83. The van der Waals surface area contributed by atoms with Crippen LogP contribution in [0.1, 0.15) is 54.7 Å². The molecular formula is C18H31N5O2. The molecule has 0 spiro atoms. The summed E-state index contributed by atoms with van der Waals surface area (Å²) in [6, 6.07) is 1.25. The number of hydrogen-bond donors (Lipinski definition) is 0. The fraction of sp³-hybridized carbons (Fsp3) is 0.833. The summed E-state index contributed by atoms with van der Waals surface area (Å²) in [5.41, 5.74) is 0.904. The van der Waals surface area contributed by atoms with Crippen LogP contribution in [-0.4, -0.2) is 83.3 Å². The molecule has 25 heavy (non-hydrogen) atoms. The highest BCUT2D eigenvalue weighted by molar-refractivity contribution is 5.93. The second-order valence-corrected chi connectivity index (χ2v) is 7.73. The lowest BCUT2D eigenvalue weighted by atomic mass is 9.86. The summed E-state index contributed by atoms with van der Waals surface area (Å²) in [5.74, 6) is -0.0765. The number of carbonyl (C=O) groups is 1. The maximum absolute atomic E-state index is 12.9. The Morgan fingerprint density at radius 3 is 2.32 bits per heavy atom. The number of aromatic nitrogens is 2. The van der Waals surface area contributed by atoms with E-state index in [1.165, 1.54) is 25.7 Å². The third kappa shape index (κ3) is 3.87. The number of piperidine rings is 1. The summed E-state index contributed by atoms with van der Waals surface area (Å²) in [6.07, 6.45) is 7.04. The molecule has 0 radical (unpaired) electrons. The average Bonchev–Trinajstić information content (AvgIpc) is 3.06. The first-order valence-electron chi connectivity index (χ1n) is 9.46. The Balaban J connectivity index is 1.71. The van der Waals surface area contributed by atoms with Crippen LogP contribution in [0.2, 0.25) is 0 Å². The molecule has 0 N–H and O–H groups in total. The van der Waals surface area contributed by atoms with Crippen LogP contribution in [0, 0.1) is 6.92 Å². The van der Waals surface area contributed by atoms with Crippen molar-refractivity contribution in [2.75, 3.05) is 34.2 Å². The molecule has 2 heterocycles. The highest BCUT2D eigenvalue weighted by atomic mass is 16.6. The van der Waals surface area contributed by atoms with Crippen LogP contribution < -0.4 is 0 Å². The van der Waals surface area contributed by atoms with Gasteiger partial charge in [0.1, 0.15) is 5.69 Å². The predicted molar refractivity (Wildman–Crippen MR) is 95.5 cm³/mol. The third-order valence-corrected chi connectivity index (χ3v) is 6.15. The number of likely N-dealkylation sites (tertiary alicyclic amines) is 1. The van der Waals surface area contributed by atoms with Crippen LogP contribution in [0.25, 0.3) is 0 Å².